The van der Waals surface area contributed by atoms with Crippen molar-refractivity contribution >= 4 is 0 Å². The van der Waals surface area contributed by atoms with E-state index in [1.807, 2.05) is 6.92 Å². The molecular weight excluding hydrogens is 152 g/mol. The van der Waals surface area contributed by atoms with E-state index in [1.54, 1.807) is 0 Å². The minimum atomic E-state index is -0.233. The van der Waals surface area contributed by atoms with Crippen LogP contribution in [0.15, 0.2) is 0 Å². The molecule has 0 amide bonds. The number of hydrogen-bond acceptors (Lipinski definition) is 2. The molecule has 2 fully saturated rings. The third-order valence-corrected chi connectivity index (χ3v) is 3.63. The molecule has 0 aromatic carbocycles. The van der Waals surface area contributed by atoms with Gasteiger partial charge in [0, 0.05) is 0 Å². The highest BCUT2D eigenvalue weighted by Gasteiger charge is 2.61. The summed E-state index contributed by atoms with van der Waals surface area (Å²) in [6.07, 6.45) is 2.17. The zero-order valence-electron chi connectivity index (χ0n) is 8.08. The second-order valence-corrected chi connectivity index (χ2v) is 4.78. The molecule has 0 spiro atoms. The average molecular weight is 170 g/mol. The van der Waals surface area contributed by atoms with E-state index in [2.05, 4.69) is 13.8 Å². The van der Waals surface area contributed by atoms with Gasteiger partial charge in [0.05, 0.1) is 12.2 Å². The molecule has 2 heteroatoms. The average Bonchev–Trinajstić information content (AvgIpc) is 2.62. The van der Waals surface area contributed by atoms with Gasteiger partial charge >= 0.3 is 0 Å². The summed E-state index contributed by atoms with van der Waals surface area (Å²) in [7, 11) is 0. The van der Waals surface area contributed by atoms with Crippen molar-refractivity contribution < 1.29 is 9.84 Å². The first kappa shape index (κ1) is 8.52. The molecule has 1 aliphatic carbocycles. The highest BCUT2D eigenvalue weighted by Crippen LogP contribution is 2.50. The Morgan fingerprint density at radius 2 is 2.08 bits per heavy atom. The highest BCUT2D eigenvalue weighted by atomic mass is 16.6. The van der Waals surface area contributed by atoms with Gasteiger partial charge in [-0.15, -0.1) is 0 Å². The predicted molar refractivity (Wildman–Crippen MR) is 46.8 cm³/mol. The summed E-state index contributed by atoms with van der Waals surface area (Å²) in [5.41, 5.74) is -0.175. The Bertz CT molecular complexity index is 190. The Labute approximate surface area is 73.9 Å². The number of aliphatic hydroxyl groups is 1. The smallest absolute Gasteiger partial charge is 0.118 e. The van der Waals surface area contributed by atoms with Crippen LogP contribution in [0.5, 0.6) is 0 Å². The van der Waals surface area contributed by atoms with Crippen molar-refractivity contribution in [1.29, 1.82) is 0 Å². The lowest BCUT2D eigenvalue weighted by molar-refractivity contribution is 0.0509. The summed E-state index contributed by atoms with van der Waals surface area (Å²) in [6.45, 7) is 6.48. The molecule has 1 aliphatic heterocycles. The van der Waals surface area contributed by atoms with E-state index in [4.69, 9.17) is 4.74 Å². The van der Waals surface area contributed by atoms with Gasteiger partial charge in [-0.1, -0.05) is 13.8 Å². The number of aliphatic hydroxyl groups excluding tert-OH is 1. The molecule has 12 heavy (non-hydrogen) atoms. The van der Waals surface area contributed by atoms with Crippen molar-refractivity contribution in [2.45, 2.75) is 51.4 Å². The molecule has 1 heterocycles. The van der Waals surface area contributed by atoms with Gasteiger partial charge in [-0.25, -0.2) is 0 Å². The second-order valence-electron chi connectivity index (χ2n) is 4.78. The summed E-state index contributed by atoms with van der Waals surface area (Å²) in [5, 5.41) is 9.77. The van der Waals surface area contributed by atoms with Crippen LogP contribution in [-0.4, -0.2) is 22.9 Å². The lowest BCUT2D eigenvalue weighted by atomic mass is 9.76. The summed E-state index contributed by atoms with van der Waals surface area (Å²) in [6, 6.07) is 0. The fourth-order valence-electron chi connectivity index (χ4n) is 2.28. The molecule has 0 aromatic heterocycles. The Kier molecular flexibility index (Phi) is 1.74. The van der Waals surface area contributed by atoms with Gasteiger partial charge in [0.1, 0.15) is 5.60 Å². The summed E-state index contributed by atoms with van der Waals surface area (Å²) in [4.78, 5) is 0. The van der Waals surface area contributed by atoms with E-state index in [0.717, 1.165) is 12.8 Å². The monoisotopic (exact) mass is 170 g/mol. The molecule has 2 unspecified atom stereocenters. The minimum Gasteiger partial charge on any atom is -0.390 e. The third-order valence-electron chi connectivity index (χ3n) is 3.63. The molecule has 2 rings (SSSR count). The van der Waals surface area contributed by atoms with Gasteiger partial charge in [-0.3, -0.25) is 0 Å². The molecule has 0 bridgehead atoms. The molecular formula is C10H18O2. The second kappa shape index (κ2) is 2.46. The van der Waals surface area contributed by atoms with Gasteiger partial charge in [-0.05, 0) is 31.6 Å². The first-order valence-corrected chi connectivity index (χ1v) is 4.90. The maximum atomic E-state index is 9.77. The number of epoxide rings is 1. The predicted octanol–water partition coefficient (Wildman–Crippen LogP) is 1.57. The molecule has 0 aromatic rings. The molecule has 1 saturated heterocycles. The lowest BCUT2D eigenvalue weighted by Gasteiger charge is -2.29. The fourth-order valence-corrected chi connectivity index (χ4v) is 2.28. The van der Waals surface area contributed by atoms with Crippen molar-refractivity contribution in [3.63, 3.8) is 0 Å². The molecule has 1 N–H and O–H groups in total. The normalized spacial score (nSPS) is 52.2. The summed E-state index contributed by atoms with van der Waals surface area (Å²) < 4.78 is 5.51. The summed E-state index contributed by atoms with van der Waals surface area (Å²) in [5.74, 6) is 1.33. The van der Waals surface area contributed by atoms with Crippen LogP contribution in [0.4, 0.5) is 0 Å². The van der Waals surface area contributed by atoms with E-state index in [9.17, 15) is 5.11 Å². The molecule has 0 radical (unpaired) electrons. The number of fused-ring (bicyclic) bond motifs is 1. The number of rotatable bonds is 1. The Balaban J connectivity index is 2.02. The topological polar surface area (TPSA) is 32.8 Å². The SMILES string of the molecule is CC(C)[C@@H]1CC(O)[C@]2(C)OC2C1. The fraction of sp³-hybridized carbons (Fsp3) is 1.00. The van der Waals surface area contributed by atoms with Gasteiger partial charge in [-0.2, -0.15) is 0 Å². The van der Waals surface area contributed by atoms with Gasteiger partial charge in [0.15, 0.2) is 0 Å². The van der Waals surface area contributed by atoms with Crippen LogP contribution in [0.1, 0.15) is 33.6 Å². The van der Waals surface area contributed by atoms with Crippen LogP contribution in [0.25, 0.3) is 0 Å². The van der Waals surface area contributed by atoms with Crippen LogP contribution >= 0.6 is 0 Å². The van der Waals surface area contributed by atoms with Crippen molar-refractivity contribution in [2.75, 3.05) is 0 Å². The van der Waals surface area contributed by atoms with Gasteiger partial charge < -0.3 is 9.84 Å². The quantitative estimate of drug-likeness (QED) is 0.606. The van der Waals surface area contributed by atoms with E-state index in [0.29, 0.717) is 17.9 Å². The van der Waals surface area contributed by atoms with E-state index < -0.39 is 0 Å². The van der Waals surface area contributed by atoms with E-state index in [1.165, 1.54) is 0 Å². The summed E-state index contributed by atoms with van der Waals surface area (Å²) >= 11 is 0. The first-order valence-electron chi connectivity index (χ1n) is 4.90. The maximum Gasteiger partial charge on any atom is 0.118 e. The first-order chi connectivity index (χ1) is 5.54. The molecule has 70 valence electrons. The Morgan fingerprint density at radius 3 is 2.58 bits per heavy atom. The van der Waals surface area contributed by atoms with Crippen molar-refractivity contribution in [3.8, 4) is 0 Å². The number of hydrogen-bond donors (Lipinski definition) is 1. The van der Waals surface area contributed by atoms with Crippen molar-refractivity contribution in [1.82, 2.24) is 0 Å². The molecule has 2 nitrogen and oxygen atoms in total. The number of ether oxygens (including phenoxy) is 1. The Morgan fingerprint density at radius 1 is 1.42 bits per heavy atom. The van der Waals surface area contributed by atoms with Crippen molar-refractivity contribution in [3.05, 3.63) is 0 Å². The third kappa shape index (κ3) is 1.09. The van der Waals surface area contributed by atoms with E-state index in [-0.39, 0.29) is 11.7 Å². The Hall–Kier alpha value is -0.0800. The minimum absolute atomic E-state index is 0.175. The maximum absolute atomic E-state index is 9.77. The lowest BCUT2D eigenvalue weighted by Crippen LogP contribution is -2.37. The zero-order chi connectivity index (χ0) is 8.93. The highest BCUT2D eigenvalue weighted by molar-refractivity contribution is 5.09. The molecule has 4 atom stereocenters. The van der Waals surface area contributed by atoms with E-state index >= 15 is 0 Å². The van der Waals surface area contributed by atoms with Crippen molar-refractivity contribution in [2.24, 2.45) is 11.8 Å². The zero-order valence-corrected chi connectivity index (χ0v) is 8.08. The van der Waals surface area contributed by atoms with Gasteiger partial charge in [0.25, 0.3) is 0 Å². The van der Waals surface area contributed by atoms with Crippen LogP contribution in [0, 0.1) is 11.8 Å². The van der Waals surface area contributed by atoms with Crippen LogP contribution < -0.4 is 0 Å². The van der Waals surface area contributed by atoms with Crippen LogP contribution in [0.3, 0.4) is 0 Å². The molecule has 2 aliphatic rings. The van der Waals surface area contributed by atoms with Gasteiger partial charge in [0.2, 0.25) is 0 Å². The van der Waals surface area contributed by atoms with Crippen LogP contribution in [-0.2, 0) is 4.74 Å². The molecule has 1 saturated carbocycles. The largest absolute Gasteiger partial charge is 0.390 e. The standard InChI is InChI=1S/C10H18O2/c1-6(2)7-4-8(11)10(3)9(5-7)12-10/h6-9,11H,4-5H2,1-3H3/t7-,8?,9?,10+/m1/s1. The van der Waals surface area contributed by atoms with Crippen LogP contribution in [0.2, 0.25) is 0 Å².